The average Bonchev–Trinajstić information content (AvgIpc) is 2.82. The van der Waals surface area contributed by atoms with Crippen LogP contribution in [0.15, 0.2) is 11.4 Å². The predicted molar refractivity (Wildman–Crippen MR) is 96.8 cm³/mol. The van der Waals surface area contributed by atoms with Crippen molar-refractivity contribution in [3.05, 3.63) is 16.8 Å². The summed E-state index contributed by atoms with van der Waals surface area (Å²) in [5.74, 6) is 0.618. The van der Waals surface area contributed by atoms with Gasteiger partial charge in [-0.05, 0) is 31.2 Å². The van der Waals surface area contributed by atoms with Gasteiger partial charge in [0.15, 0.2) is 0 Å². The minimum Gasteiger partial charge on any atom is -0.378 e. The van der Waals surface area contributed by atoms with E-state index in [-0.39, 0.29) is 5.91 Å². The Bertz CT molecular complexity index is 741. The Kier molecular flexibility index (Phi) is 5.01. The van der Waals surface area contributed by atoms with E-state index in [1.807, 2.05) is 16.2 Å². The maximum Gasteiger partial charge on any atom is 0.233 e. The predicted octanol–water partition coefficient (Wildman–Crippen LogP) is 2.91. The van der Waals surface area contributed by atoms with E-state index in [1.165, 1.54) is 35.1 Å². The molecule has 1 amide bonds. The van der Waals surface area contributed by atoms with Gasteiger partial charge >= 0.3 is 0 Å². The van der Waals surface area contributed by atoms with E-state index in [4.69, 9.17) is 4.74 Å². The van der Waals surface area contributed by atoms with Crippen molar-refractivity contribution >= 4 is 39.2 Å². The molecule has 24 heavy (non-hydrogen) atoms. The van der Waals surface area contributed by atoms with Gasteiger partial charge in [-0.25, -0.2) is 9.97 Å². The normalized spacial score (nSPS) is 18.4. The Morgan fingerprint density at radius 3 is 2.92 bits per heavy atom. The van der Waals surface area contributed by atoms with Gasteiger partial charge in [0, 0.05) is 23.4 Å². The number of hydrogen-bond donors (Lipinski definition) is 0. The van der Waals surface area contributed by atoms with Crippen molar-refractivity contribution in [2.75, 3.05) is 32.1 Å². The monoisotopic (exact) mass is 363 g/mol. The van der Waals surface area contributed by atoms with Gasteiger partial charge in [0.05, 0.1) is 19.0 Å². The molecule has 2 aromatic rings. The Labute approximate surface area is 149 Å². The molecule has 0 atom stereocenters. The number of nitrogens with zero attached hydrogens (tertiary/aromatic N) is 3. The van der Waals surface area contributed by atoms with Crippen LogP contribution in [0.25, 0.3) is 10.2 Å². The zero-order chi connectivity index (χ0) is 16.4. The molecule has 0 bridgehead atoms. The number of amides is 1. The molecule has 0 aromatic carbocycles. The van der Waals surface area contributed by atoms with E-state index in [0.29, 0.717) is 32.1 Å². The number of ether oxygens (including phenoxy) is 1. The topological polar surface area (TPSA) is 55.3 Å². The molecule has 2 aliphatic rings. The van der Waals surface area contributed by atoms with E-state index in [2.05, 4.69) is 9.97 Å². The van der Waals surface area contributed by atoms with Crippen LogP contribution in [-0.4, -0.2) is 52.8 Å². The SMILES string of the molecule is O=C(CSc1ncnc2sc3c(c12)CCCCC3)N1CCOCC1. The lowest BCUT2D eigenvalue weighted by atomic mass is 10.1. The van der Waals surface area contributed by atoms with E-state index in [1.54, 1.807) is 18.1 Å². The lowest BCUT2D eigenvalue weighted by molar-refractivity contribution is -0.132. The minimum absolute atomic E-state index is 0.177. The van der Waals surface area contributed by atoms with E-state index in [0.717, 1.165) is 22.7 Å². The molecule has 4 rings (SSSR count). The summed E-state index contributed by atoms with van der Waals surface area (Å²) in [7, 11) is 0. The Morgan fingerprint density at radius 2 is 2.04 bits per heavy atom. The molecular weight excluding hydrogens is 342 g/mol. The van der Waals surface area contributed by atoms with Crippen LogP contribution in [0, 0.1) is 0 Å². The molecule has 1 saturated heterocycles. The Hall–Kier alpha value is -1.18. The largest absolute Gasteiger partial charge is 0.378 e. The molecule has 0 spiro atoms. The van der Waals surface area contributed by atoms with Crippen LogP contribution in [0.2, 0.25) is 0 Å². The molecule has 1 aliphatic heterocycles. The van der Waals surface area contributed by atoms with Gasteiger partial charge in [-0.1, -0.05) is 18.2 Å². The van der Waals surface area contributed by atoms with Gasteiger partial charge in [0.1, 0.15) is 16.2 Å². The van der Waals surface area contributed by atoms with Gasteiger partial charge in [-0.15, -0.1) is 11.3 Å². The number of hydrogen-bond acceptors (Lipinski definition) is 6. The van der Waals surface area contributed by atoms with E-state index in [9.17, 15) is 4.79 Å². The van der Waals surface area contributed by atoms with Crippen molar-refractivity contribution in [1.29, 1.82) is 0 Å². The first kappa shape index (κ1) is 16.3. The molecule has 0 saturated carbocycles. The highest BCUT2D eigenvalue weighted by molar-refractivity contribution is 8.00. The molecule has 3 heterocycles. The van der Waals surface area contributed by atoms with Crippen molar-refractivity contribution in [2.45, 2.75) is 37.1 Å². The summed E-state index contributed by atoms with van der Waals surface area (Å²) in [6.07, 6.45) is 7.73. The zero-order valence-corrected chi connectivity index (χ0v) is 15.3. The summed E-state index contributed by atoms with van der Waals surface area (Å²) < 4.78 is 5.31. The third-order valence-corrected chi connectivity index (χ3v) is 6.84. The maximum absolute atomic E-state index is 12.4. The summed E-state index contributed by atoms with van der Waals surface area (Å²) in [6.45, 7) is 2.69. The molecule has 5 nitrogen and oxygen atoms in total. The highest BCUT2D eigenvalue weighted by atomic mass is 32.2. The molecule has 1 aliphatic carbocycles. The lowest BCUT2D eigenvalue weighted by Crippen LogP contribution is -2.41. The third-order valence-electron chi connectivity index (χ3n) is 4.66. The third kappa shape index (κ3) is 3.30. The molecule has 0 unspecified atom stereocenters. The minimum atomic E-state index is 0.177. The van der Waals surface area contributed by atoms with Gasteiger partial charge in [0.25, 0.3) is 0 Å². The zero-order valence-electron chi connectivity index (χ0n) is 13.6. The van der Waals surface area contributed by atoms with E-state index < -0.39 is 0 Å². The fourth-order valence-electron chi connectivity index (χ4n) is 3.38. The summed E-state index contributed by atoms with van der Waals surface area (Å²) in [5, 5.41) is 2.18. The quantitative estimate of drug-likeness (QED) is 0.477. The van der Waals surface area contributed by atoms with Crippen molar-refractivity contribution < 1.29 is 9.53 Å². The summed E-state index contributed by atoms with van der Waals surface area (Å²) in [5.41, 5.74) is 1.44. The van der Waals surface area contributed by atoms with Crippen LogP contribution in [0.3, 0.4) is 0 Å². The van der Waals surface area contributed by atoms with Crippen LogP contribution in [-0.2, 0) is 22.4 Å². The average molecular weight is 364 g/mol. The fraction of sp³-hybridized carbons (Fsp3) is 0.588. The van der Waals surface area contributed by atoms with Gasteiger partial charge in [0.2, 0.25) is 5.91 Å². The molecule has 128 valence electrons. The second-order valence-corrected chi connectivity index (χ2v) is 8.25. The van der Waals surface area contributed by atoms with Crippen LogP contribution in [0.4, 0.5) is 0 Å². The van der Waals surface area contributed by atoms with Crippen molar-refractivity contribution in [1.82, 2.24) is 14.9 Å². The molecule has 0 N–H and O–H groups in total. The number of thioether (sulfide) groups is 1. The number of aromatic nitrogens is 2. The van der Waals surface area contributed by atoms with Crippen molar-refractivity contribution in [3.63, 3.8) is 0 Å². The van der Waals surface area contributed by atoms with Crippen LogP contribution in [0.1, 0.15) is 29.7 Å². The summed E-state index contributed by atoms with van der Waals surface area (Å²) >= 11 is 3.37. The van der Waals surface area contributed by atoms with Crippen LogP contribution in [0.5, 0.6) is 0 Å². The van der Waals surface area contributed by atoms with Gasteiger partial charge < -0.3 is 9.64 Å². The highest BCUT2D eigenvalue weighted by Gasteiger charge is 2.21. The highest BCUT2D eigenvalue weighted by Crippen LogP contribution is 2.38. The second kappa shape index (κ2) is 7.37. The molecule has 1 fully saturated rings. The first-order chi connectivity index (χ1) is 11.8. The first-order valence-electron chi connectivity index (χ1n) is 8.56. The number of thiophene rings is 1. The molecule has 0 radical (unpaired) electrons. The van der Waals surface area contributed by atoms with Crippen molar-refractivity contribution in [3.8, 4) is 0 Å². The number of carbonyl (C=O) groups excluding carboxylic acids is 1. The smallest absolute Gasteiger partial charge is 0.233 e. The van der Waals surface area contributed by atoms with Crippen LogP contribution < -0.4 is 0 Å². The first-order valence-corrected chi connectivity index (χ1v) is 10.4. The Balaban J connectivity index is 1.55. The maximum atomic E-state index is 12.4. The number of fused-ring (bicyclic) bond motifs is 3. The van der Waals surface area contributed by atoms with Gasteiger partial charge in [-0.3, -0.25) is 4.79 Å². The number of morpholine rings is 1. The van der Waals surface area contributed by atoms with Gasteiger partial charge in [-0.2, -0.15) is 0 Å². The fourth-order valence-corrected chi connectivity index (χ4v) is 5.60. The molecular formula is C17H21N3O2S2. The number of carbonyl (C=O) groups is 1. The number of aryl methyl sites for hydroxylation is 2. The number of rotatable bonds is 3. The second-order valence-electron chi connectivity index (χ2n) is 6.21. The standard InChI is InChI=1S/C17H21N3O2S2/c21-14(20-6-8-22-9-7-20)10-23-16-15-12-4-2-1-3-5-13(12)24-17(15)19-11-18-16/h11H,1-10H2. The van der Waals surface area contributed by atoms with E-state index >= 15 is 0 Å². The Morgan fingerprint density at radius 1 is 1.21 bits per heavy atom. The molecule has 7 heteroatoms. The van der Waals surface area contributed by atoms with Crippen molar-refractivity contribution in [2.24, 2.45) is 0 Å². The lowest BCUT2D eigenvalue weighted by Gasteiger charge is -2.26. The molecule has 2 aromatic heterocycles. The summed E-state index contributed by atoms with van der Waals surface area (Å²) in [4.78, 5) is 25.8. The summed E-state index contributed by atoms with van der Waals surface area (Å²) in [6, 6.07) is 0. The van der Waals surface area contributed by atoms with Crippen LogP contribution >= 0.6 is 23.1 Å².